The lowest BCUT2D eigenvalue weighted by Gasteiger charge is -2.13. The Hall–Kier alpha value is -4.01. The van der Waals surface area contributed by atoms with Crippen molar-refractivity contribution in [3.63, 3.8) is 0 Å². The smallest absolute Gasteiger partial charge is 0.315 e. The van der Waals surface area contributed by atoms with Crippen molar-refractivity contribution in [2.75, 3.05) is 7.11 Å². The highest BCUT2D eigenvalue weighted by Crippen LogP contribution is 2.52. The highest BCUT2D eigenvalue weighted by atomic mass is 16.6. The number of imide groups is 1. The first-order valence-electron chi connectivity index (χ1n) is 10.6. The van der Waals surface area contributed by atoms with E-state index < -0.39 is 4.92 Å². The Morgan fingerprint density at radius 1 is 1.12 bits per heavy atom. The molecule has 0 radical (unpaired) electrons. The predicted octanol–water partition coefficient (Wildman–Crippen LogP) is 3.32. The largest absolute Gasteiger partial charge is 0.493 e. The third-order valence-electron chi connectivity index (χ3n) is 6.47. The summed E-state index contributed by atoms with van der Waals surface area (Å²) in [5, 5.41) is 16.7. The number of nitrogens with zero attached hydrogens (tertiary/aromatic N) is 3. The topological polar surface area (TPSA) is 111 Å². The number of ether oxygens (including phenoxy) is 2. The number of nitro groups is 1. The maximum atomic E-state index is 12.8. The molecule has 2 aliphatic carbocycles. The van der Waals surface area contributed by atoms with Gasteiger partial charge < -0.3 is 9.47 Å². The van der Waals surface area contributed by atoms with Crippen molar-refractivity contribution in [2.45, 2.75) is 13.0 Å². The number of hydrazone groups is 1. The number of allylic oxidation sites excluding steroid dienone is 2. The number of benzene rings is 2. The van der Waals surface area contributed by atoms with Crippen molar-refractivity contribution in [2.24, 2.45) is 28.8 Å². The molecule has 1 aliphatic heterocycles. The Bertz CT molecular complexity index is 1160. The number of hydrogen-bond acceptors (Lipinski definition) is 7. The molecule has 5 rings (SSSR count). The monoisotopic (exact) mass is 447 g/mol. The van der Waals surface area contributed by atoms with E-state index in [1.165, 1.54) is 25.5 Å². The van der Waals surface area contributed by atoms with Crippen LogP contribution in [0.3, 0.4) is 0 Å². The molecule has 2 aromatic carbocycles. The summed E-state index contributed by atoms with van der Waals surface area (Å²) in [6.45, 7) is 0.126. The Balaban J connectivity index is 1.40. The number of carbonyl (C=O) groups excluding carboxylic acids is 2. The van der Waals surface area contributed by atoms with Gasteiger partial charge in [-0.3, -0.25) is 19.7 Å². The van der Waals surface area contributed by atoms with Crippen LogP contribution in [0.5, 0.6) is 11.5 Å². The minimum Gasteiger partial charge on any atom is -0.493 e. The summed E-state index contributed by atoms with van der Waals surface area (Å²) in [5.41, 5.74) is 0.855. The van der Waals surface area contributed by atoms with Gasteiger partial charge in [-0.15, -0.1) is 0 Å². The average molecular weight is 447 g/mol. The van der Waals surface area contributed by atoms with Gasteiger partial charge in [0.15, 0.2) is 5.75 Å². The fraction of sp³-hybridized carbons (Fsp3) is 0.292. The number of hydrogen-bond donors (Lipinski definition) is 0. The van der Waals surface area contributed by atoms with Crippen LogP contribution in [0.25, 0.3) is 0 Å². The fourth-order valence-electron chi connectivity index (χ4n) is 4.97. The third kappa shape index (κ3) is 3.55. The lowest BCUT2D eigenvalue weighted by molar-refractivity contribution is -0.386. The zero-order chi connectivity index (χ0) is 23.1. The van der Waals surface area contributed by atoms with Gasteiger partial charge in [0.05, 0.1) is 30.1 Å². The van der Waals surface area contributed by atoms with Crippen LogP contribution in [-0.2, 0) is 16.2 Å². The first kappa shape index (κ1) is 20.9. The van der Waals surface area contributed by atoms with Crippen molar-refractivity contribution in [1.82, 2.24) is 5.01 Å². The molecular formula is C24H21N3O6. The van der Waals surface area contributed by atoms with E-state index in [0.29, 0.717) is 5.56 Å². The van der Waals surface area contributed by atoms with E-state index in [2.05, 4.69) is 5.10 Å². The van der Waals surface area contributed by atoms with Crippen molar-refractivity contribution in [1.29, 1.82) is 0 Å². The SMILES string of the molecule is COc1cc(C=NN2C(=O)C3C4C=CC(C4)C3C2=O)cc([N+](=O)[O-])c1OCc1ccccc1. The zero-order valence-corrected chi connectivity index (χ0v) is 17.8. The Morgan fingerprint density at radius 3 is 2.39 bits per heavy atom. The highest BCUT2D eigenvalue weighted by Gasteiger charge is 2.59. The van der Waals surface area contributed by atoms with E-state index in [4.69, 9.17) is 9.47 Å². The molecule has 2 aromatic rings. The molecule has 0 N–H and O–H groups in total. The first-order chi connectivity index (χ1) is 16.0. The molecule has 9 nitrogen and oxygen atoms in total. The molecule has 4 atom stereocenters. The van der Waals surface area contributed by atoms with Gasteiger partial charge in [-0.1, -0.05) is 42.5 Å². The van der Waals surface area contributed by atoms with Crippen LogP contribution in [0.2, 0.25) is 0 Å². The van der Waals surface area contributed by atoms with Crippen LogP contribution in [0.1, 0.15) is 17.5 Å². The van der Waals surface area contributed by atoms with Crippen LogP contribution < -0.4 is 9.47 Å². The summed E-state index contributed by atoms with van der Waals surface area (Å²) in [6.07, 6.45) is 6.11. The maximum Gasteiger partial charge on any atom is 0.315 e. The van der Waals surface area contributed by atoms with Gasteiger partial charge in [0.25, 0.3) is 11.8 Å². The van der Waals surface area contributed by atoms with E-state index >= 15 is 0 Å². The van der Waals surface area contributed by atoms with Gasteiger partial charge in [0.2, 0.25) is 5.75 Å². The van der Waals surface area contributed by atoms with Gasteiger partial charge in [0, 0.05) is 11.6 Å². The molecular weight excluding hydrogens is 426 g/mol. The highest BCUT2D eigenvalue weighted by molar-refractivity contribution is 6.06. The molecule has 33 heavy (non-hydrogen) atoms. The van der Waals surface area contributed by atoms with Crippen LogP contribution in [0.15, 0.2) is 59.7 Å². The van der Waals surface area contributed by atoms with Crippen molar-refractivity contribution >= 4 is 23.7 Å². The summed E-state index contributed by atoms with van der Waals surface area (Å²) in [5.74, 6) is -1.04. The van der Waals surface area contributed by atoms with Crippen LogP contribution in [0.4, 0.5) is 5.69 Å². The fourth-order valence-corrected chi connectivity index (χ4v) is 4.97. The third-order valence-corrected chi connectivity index (χ3v) is 6.47. The number of fused-ring (bicyclic) bond motifs is 5. The molecule has 1 heterocycles. The van der Waals surface area contributed by atoms with Crippen LogP contribution in [-0.4, -0.2) is 35.1 Å². The van der Waals surface area contributed by atoms with Gasteiger partial charge in [-0.2, -0.15) is 10.1 Å². The Kier molecular flexibility index (Phi) is 5.16. The molecule has 1 saturated carbocycles. The lowest BCUT2D eigenvalue weighted by atomic mass is 9.85. The average Bonchev–Trinajstić information content (AvgIpc) is 3.51. The first-order valence-corrected chi connectivity index (χ1v) is 10.6. The maximum absolute atomic E-state index is 12.8. The lowest BCUT2D eigenvalue weighted by Crippen LogP contribution is -2.28. The second-order valence-electron chi connectivity index (χ2n) is 8.34. The Morgan fingerprint density at radius 2 is 1.79 bits per heavy atom. The molecule has 2 bridgehead atoms. The predicted molar refractivity (Wildman–Crippen MR) is 118 cm³/mol. The van der Waals surface area contributed by atoms with Gasteiger partial charge in [-0.25, -0.2) is 0 Å². The van der Waals surface area contributed by atoms with Gasteiger partial charge >= 0.3 is 5.69 Å². The summed E-state index contributed by atoms with van der Waals surface area (Å²) >= 11 is 0. The van der Waals surface area contributed by atoms with Crippen LogP contribution in [0, 0.1) is 33.8 Å². The summed E-state index contributed by atoms with van der Waals surface area (Å²) in [6, 6.07) is 12.1. The number of carbonyl (C=O) groups is 2. The molecule has 4 unspecified atom stereocenters. The van der Waals surface area contributed by atoms with E-state index in [0.717, 1.165) is 17.0 Å². The van der Waals surface area contributed by atoms with Crippen LogP contribution >= 0.6 is 0 Å². The molecule has 168 valence electrons. The van der Waals surface area contributed by atoms with E-state index in [1.54, 1.807) is 0 Å². The van der Waals surface area contributed by atoms with E-state index in [1.807, 2.05) is 42.5 Å². The summed E-state index contributed by atoms with van der Waals surface area (Å²) in [4.78, 5) is 36.7. The minimum absolute atomic E-state index is 0.00555. The van der Waals surface area contributed by atoms with Crippen molar-refractivity contribution < 1.29 is 24.0 Å². The standard InChI is InChI=1S/C24H21N3O6/c1-32-19-10-15(9-18(27(30)31)22(19)33-13-14-5-3-2-4-6-14)12-25-26-23(28)20-16-7-8-17(11-16)21(20)24(26)29/h2-10,12,16-17,20-21H,11,13H2,1H3. The zero-order valence-electron chi connectivity index (χ0n) is 17.8. The normalized spacial score (nSPS) is 25.2. The second-order valence-corrected chi connectivity index (χ2v) is 8.34. The number of nitro benzene ring substituents is 1. The summed E-state index contributed by atoms with van der Waals surface area (Å²) in [7, 11) is 1.38. The Labute approximate surface area is 189 Å². The molecule has 1 saturated heterocycles. The van der Waals surface area contributed by atoms with E-state index in [9.17, 15) is 19.7 Å². The number of amides is 2. The number of methoxy groups -OCH3 is 1. The minimum atomic E-state index is -0.569. The number of rotatable bonds is 7. The molecule has 2 amide bonds. The molecule has 9 heteroatoms. The molecule has 2 fully saturated rings. The second kappa shape index (κ2) is 8.16. The van der Waals surface area contributed by atoms with Gasteiger partial charge in [-0.05, 0) is 29.9 Å². The molecule has 0 spiro atoms. The van der Waals surface area contributed by atoms with Crippen molar-refractivity contribution in [3.8, 4) is 11.5 Å². The van der Waals surface area contributed by atoms with Crippen molar-refractivity contribution in [3.05, 3.63) is 75.9 Å². The molecule has 3 aliphatic rings. The van der Waals surface area contributed by atoms with Gasteiger partial charge in [0.1, 0.15) is 6.61 Å². The molecule has 0 aromatic heterocycles. The van der Waals surface area contributed by atoms with E-state index in [-0.39, 0.29) is 59.3 Å². The quantitative estimate of drug-likeness (QED) is 0.212. The summed E-state index contributed by atoms with van der Waals surface area (Å²) < 4.78 is 11.0.